The smallest absolute Gasteiger partial charge is 0.243 e. The Morgan fingerprint density at radius 2 is 1.57 bits per heavy atom. The summed E-state index contributed by atoms with van der Waals surface area (Å²) in [4.78, 5) is 39.3. The number of amides is 3. The quantitative estimate of drug-likeness (QED) is 0.254. The molecule has 1 fully saturated rings. The molecule has 1 saturated carbocycles. The van der Waals surface area contributed by atoms with Gasteiger partial charge in [0.15, 0.2) is 0 Å². The topological polar surface area (TPSA) is 200 Å². The molecular weight excluding hydrogens is 478 g/mol. The van der Waals surface area contributed by atoms with Gasteiger partial charge in [0.2, 0.25) is 17.7 Å². The van der Waals surface area contributed by atoms with Crippen molar-refractivity contribution in [2.45, 2.75) is 62.4 Å². The lowest BCUT2D eigenvalue weighted by Gasteiger charge is -2.25. The average Bonchev–Trinajstić information content (AvgIpc) is 3.68. The third-order valence-electron chi connectivity index (χ3n) is 6.66. The summed E-state index contributed by atoms with van der Waals surface area (Å²) < 4.78 is 0. The highest BCUT2D eigenvalue weighted by Gasteiger charge is 2.33. The Labute approximate surface area is 214 Å². The number of aromatic hydroxyl groups is 2. The van der Waals surface area contributed by atoms with Gasteiger partial charge in [-0.15, -0.1) is 0 Å². The molecule has 4 bridgehead atoms. The SMILES string of the molecule is NC[C@H](O)C[C@@H]1NC(=O)[C@@H](N)Cc2cc(ccc2O)-c2ccc(O)c(c2)C[C@@H](C(=O)NC2CC2)NC1=O. The van der Waals surface area contributed by atoms with E-state index in [1.54, 1.807) is 24.3 Å². The van der Waals surface area contributed by atoms with Crippen LogP contribution in [0.5, 0.6) is 11.5 Å². The van der Waals surface area contributed by atoms with Gasteiger partial charge in [-0.3, -0.25) is 14.4 Å². The number of phenolic OH excluding ortho intramolecular Hbond substituents is 2. The molecule has 0 radical (unpaired) electrons. The minimum atomic E-state index is -1.22. The zero-order valence-electron chi connectivity index (χ0n) is 20.3. The van der Waals surface area contributed by atoms with Crippen LogP contribution in [0.4, 0.5) is 0 Å². The van der Waals surface area contributed by atoms with Crippen LogP contribution in [0.15, 0.2) is 36.4 Å². The van der Waals surface area contributed by atoms with Gasteiger partial charge in [0.05, 0.1) is 12.1 Å². The summed E-state index contributed by atoms with van der Waals surface area (Å²) >= 11 is 0. The van der Waals surface area contributed by atoms with Crippen molar-refractivity contribution in [1.82, 2.24) is 16.0 Å². The predicted octanol–water partition coefficient (Wildman–Crippen LogP) is -0.851. The molecule has 10 N–H and O–H groups in total. The van der Waals surface area contributed by atoms with Crippen molar-refractivity contribution in [2.24, 2.45) is 11.5 Å². The highest BCUT2D eigenvalue weighted by molar-refractivity contribution is 5.93. The van der Waals surface area contributed by atoms with Crippen LogP contribution >= 0.6 is 0 Å². The second-order valence-corrected chi connectivity index (χ2v) is 9.73. The van der Waals surface area contributed by atoms with Crippen LogP contribution in [0.3, 0.4) is 0 Å². The monoisotopic (exact) mass is 511 g/mol. The number of phenols is 2. The van der Waals surface area contributed by atoms with E-state index in [1.807, 2.05) is 0 Å². The summed E-state index contributed by atoms with van der Waals surface area (Å²) in [5.41, 5.74) is 13.9. The van der Waals surface area contributed by atoms with Crippen LogP contribution in [0.2, 0.25) is 0 Å². The van der Waals surface area contributed by atoms with Crippen LogP contribution in [0.25, 0.3) is 11.1 Å². The van der Waals surface area contributed by atoms with E-state index < -0.39 is 42.0 Å². The van der Waals surface area contributed by atoms with E-state index in [9.17, 15) is 29.7 Å². The Balaban J connectivity index is 1.76. The molecule has 0 unspecified atom stereocenters. The van der Waals surface area contributed by atoms with Crippen molar-refractivity contribution in [3.05, 3.63) is 47.5 Å². The number of hydrogen-bond donors (Lipinski definition) is 8. The number of nitrogens with one attached hydrogen (secondary N) is 3. The lowest BCUT2D eigenvalue weighted by atomic mass is 9.95. The van der Waals surface area contributed by atoms with E-state index in [1.165, 1.54) is 12.1 Å². The number of carbonyl (C=O) groups is 3. The van der Waals surface area contributed by atoms with Crippen molar-refractivity contribution in [3.8, 4) is 22.6 Å². The molecule has 1 heterocycles. The van der Waals surface area contributed by atoms with Gasteiger partial charge in [0.1, 0.15) is 23.6 Å². The number of aliphatic hydroxyl groups excluding tert-OH is 1. The number of benzene rings is 2. The number of aliphatic hydroxyl groups is 1. The first-order chi connectivity index (χ1) is 17.6. The van der Waals surface area contributed by atoms with Crippen molar-refractivity contribution in [2.75, 3.05) is 6.54 Å². The van der Waals surface area contributed by atoms with Crippen molar-refractivity contribution in [1.29, 1.82) is 0 Å². The number of carbonyl (C=O) groups excluding carboxylic acids is 3. The molecule has 11 heteroatoms. The van der Waals surface area contributed by atoms with E-state index in [0.717, 1.165) is 12.8 Å². The lowest BCUT2D eigenvalue weighted by molar-refractivity contribution is -0.133. The summed E-state index contributed by atoms with van der Waals surface area (Å²) in [6.07, 6.45) is 0.366. The van der Waals surface area contributed by atoms with Crippen LogP contribution in [0.1, 0.15) is 30.4 Å². The normalized spacial score (nSPS) is 23.2. The first kappa shape index (κ1) is 26.4. The van der Waals surface area contributed by atoms with Gasteiger partial charge in [-0.05, 0) is 59.4 Å². The summed E-state index contributed by atoms with van der Waals surface area (Å²) in [6.45, 7) is -0.140. The Morgan fingerprint density at radius 3 is 2.14 bits per heavy atom. The van der Waals surface area contributed by atoms with Gasteiger partial charge in [0.25, 0.3) is 0 Å². The highest BCUT2D eigenvalue weighted by Crippen LogP contribution is 2.31. The summed E-state index contributed by atoms with van der Waals surface area (Å²) in [6, 6.07) is 6.45. The maximum absolute atomic E-state index is 13.3. The molecule has 4 rings (SSSR count). The zero-order valence-corrected chi connectivity index (χ0v) is 20.3. The first-order valence-electron chi connectivity index (χ1n) is 12.3. The fourth-order valence-corrected chi connectivity index (χ4v) is 4.30. The van der Waals surface area contributed by atoms with Gasteiger partial charge in [-0.2, -0.15) is 0 Å². The second-order valence-electron chi connectivity index (χ2n) is 9.73. The number of hydrogen-bond acceptors (Lipinski definition) is 8. The molecule has 2 aromatic rings. The van der Waals surface area contributed by atoms with Crippen molar-refractivity contribution >= 4 is 17.7 Å². The van der Waals surface area contributed by atoms with Crippen molar-refractivity contribution < 1.29 is 29.7 Å². The minimum Gasteiger partial charge on any atom is -0.508 e. The lowest BCUT2D eigenvalue weighted by Crippen LogP contribution is -2.57. The van der Waals surface area contributed by atoms with Crippen LogP contribution in [0, 0.1) is 0 Å². The van der Waals surface area contributed by atoms with Crippen LogP contribution < -0.4 is 27.4 Å². The summed E-state index contributed by atoms with van der Waals surface area (Å²) in [5.74, 6) is -1.87. The molecule has 0 aromatic heterocycles. The molecule has 2 aliphatic rings. The van der Waals surface area contributed by atoms with Gasteiger partial charge < -0.3 is 42.7 Å². The highest BCUT2D eigenvalue weighted by atomic mass is 16.3. The third-order valence-corrected chi connectivity index (χ3v) is 6.66. The fourth-order valence-electron chi connectivity index (χ4n) is 4.30. The maximum Gasteiger partial charge on any atom is 0.243 e. The molecule has 4 atom stereocenters. The summed E-state index contributed by atoms with van der Waals surface area (Å²) in [5, 5.41) is 39.2. The van der Waals surface area contributed by atoms with Crippen molar-refractivity contribution in [3.63, 3.8) is 0 Å². The second kappa shape index (κ2) is 11.2. The maximum atomic E-state index is 13.3. The predicted molar refractivity (Wildman–Crippen MR) is 135 cm³/mol. The third kappa shape index (κ3) is 6.56. The molecule has 37 heavy (non-hydrogen) atoms. The molecular formula is C26H33N5O6. The minimum absolute atomic E-state index is 0.0172. The molecule has 198 valence electrons. The largest absolute Gasteiger partial charge is 0.508 e. The molecule has 2 aromatic carbocycles. The zero-order chi connectivity index (χ0) is 26.7. The molecule has 1 aliphatic carbocycles. The Bertz CT molecular complexity index is 1180. The van der Waals surface area contributed by atoms with Gasteiger partial charge in [-0.25, -0.2) is 0 Å². The van der Waals surface area contributed by atoms with E-state index in [4.69, 9.17) is 11.5 Å². The standard InChI is InChI=1S/C26H33N5O6/c27-12-18(32)11-21-26(37)31-20(25(36)29-17-3-4-17)10-16-8-14(2-6-23(16)34)13-1-5-22(33)15(7-13)9-19(28)24(35)30-21/h1-2,5-8,17-21,32-34H,3-4,9-12,27-28H2,(H,29,36)(H,30,35)(H,31,37)/t18-,19+,20+,21+/m1/s1. The van der Waals surface area contributed by atoms with Crippen LogP contribution in [-0.4, -0.2) is 69.9 Å². The molecule has 11 nitrogen and oxygen atoms in total. The molecule has 3 amide bonds. The molecule has 1 aliphatic heterocycles. The Kier molecular flexibility index (Phi) is 7.96. The Hall–Kier alpha value is -3.67. The van der Waals surface area contributed by atoms with Gasteiger partial charge >= 0.3 is 0 Å². The van der Waals surface area contributed by atoms with E-state index in [-0.39, 0.29) is 43.3 Å². The fraction of sp³-hybridized carbons (Fsp3) is 0.423. The molecule has 0 saturated heterocycles. The van der Waals surface area contributed by atoms with Crippen LogP contribution in [-0.2, 0) is 27.2 Å². The first-order valence-corrected chi connectivity index (χ1v) is 12.3. The van der Waals surface area contributed by atoms with E-state index >= 15 is 0 Å². The number of fused-ring (bicyclic) bond motifs is 5. The van der Waals surface area contributed by atoms with E-state index in [2.05, 4.69) is 16.0 Å². The number of rotatable bonds is 5. The van der Waals surface area contributed by atoms with Gasteiger partial charge in [-0.1, -0.05) is 12.1 Å². The molecule has 0 spiro atoms. The average molecular weight is 512 g/mol. The van der Waals surface area contributed by atoms with Gasteiger partial charge in [0, 0.05) is 31.8 Å². The number of nitrogens with two attached hydrogens (primary N) is 2. The Morgan fingerprint density at radius 1 is 0.973 bits per heavy atom. The summed E-state index contributed by atoms with van der Waals surface area (Å²) in [7, 11) is 0. The van der Waals surface area contributed by atoms with E-state index in [0.29, 0.717) is 22.3 Å².